The Morgan fingerprint density at radius 3 is 2.77 bits per heavy atom. The van der Waals surface area contributed by atoms with Crippen LogP contribution in [0.25, 0.3) is 0 Å². The molecule has 0 N–H and O–H groups in total. The summed E-state index contributed by atoms with van der Waals surface area (Å²) < 4.78 is 3.76. The largest absolute Gasteiger partial charge is 0.328 e. The summed E-state index contributed by atoms with van der Waals surface area (Å²) in [4.78, 5) is 14.3. The molecule has 1 aliphatic rings. The van der Waals surface area contributed by atoms with Gasteiger partial charge in [0.15, 0.2) is 11.5 Å². The van der Waals surface area contributed by atoms with Crippen LogP contribution in [0, 0.1) is 0 Å². The number of hydrogen-bond acceptors (Lipinski definition) is 4. The van der Waals surface area contributed by atoms with Crippen LogP contribution in [0.15, 0.2) is 6.20 Å². The number of aryl methyl sites for hydroxylation is 1. The van der Waals surface area contributed by atoms with Gasteiger partial charge in [-0.1, -0.05) is 25.4 Å². The fraction of sp³-hybridized carbons (Fsp3) is 0.571. The average molecular weight is 323 g/mol. The fourth-order valence-electron chi connectivity index (χ4n) is 2.63. The second-order valence-corrected chi connectivity index (χ2v) is 6.10. The molecular weight excluding hydrogens is 304 g/mol. The van der Waals surface area contributed by atoms with E-state index in [4.69, 9.17) is 11.6 Å². The van der Waals surface area contributed by atoms with Crippen LogP contribution in [0.5, 0.6) is 0 Å². The van der Waals surface area contributed by atoms with E-state index in [1.165, 1.54) is 0 Å². The molecule has 3 rings (SSSR count). The summed E-state index contributed by atoms with van der Waals surface area (Å²) in [6.45, 7) is 8.56. The van der Waals surface area contributed by atoms with Crippen LogP contribution in [0.4, 0.5) is 0 Å². The van der Waals surface area contributed by atoms with Crippen LogP contribution < -0.4 is 0 Å². The van der Waals surface area contributed by atoms with E-state index >= 15 is 0 Å². The van der Waals surface area contributed by atoms with Gasteiger partial charge in [-0.25, -0.2) is 0 Å². The number of carbonyl (C=O) groups is 1. The van der Waals surface area contributed by atoms with Gasteiger partial charge in [0.1, 0.15) is 5.82 Å². The topological polar surface area (TPSA) is 68.8 Å². The monoisotopic (exact) mass is 322 g/mol. The quantitative estimate of drug-likeness (QED) is 0.866. The van der Waals surface area contributed by atoms with Crippen molar-refractivity contribution in [1.29, 1.82) is 0 Å². The zero-order valence-electron chi connectivity index (χ0n) is 13.0. The van der Waals surface area contributed by atoms with Crippen molar-refractivity contribution >= 4 is 17.5 Å². The molecule has 8 heteroatoms. The van der Waals surface area contributed by atoms with Crippen LogP contribution >= 0.6 is 11.6 Å². The smallest absolute Gasteiger partial charge is 0.276 e. The van der Waals surface area contributed by atoms with Gasteiger partial charge < -0.3 is 9.47 Å². The lowest BCUT2D eigenvalue weighted by Crippen LogP contribution is -2.39. The Hall–Kier alpha value is -1.89. The SMILES string of the molecule is CCn1cc(Cl)c(C(=O)N2CCn3c(nnc3C(C)C)C2)n1. The summed E-state index contributed by atoms with van der Waals surface area (Å²) in [5.74, 6) is 1.94. The lowest BCUT2D eigenvalue weighted by atomic mass is 10.2. The number of rotatable bonds is 3. The number of amides is 1. The van der Waals surface area contributed by atoms with Crippen molar-refractivity contribution < 1.29 is 4.79 Å². The first kappa shape index (κ1) is 15.0. The number of aromatic nitrogens is 5. The Labute approximate surface area is 133 Å². The molecule has 0 aliphatic carbocycles. The van der Waals surface area contributed by atoms with E-state index < -0.39 is 0 Å². The van der Waals surface area contributed by atoms with Crippen LogP contribution in [-0.4, -0.2) is 41.9 Å². The number of hydrogen-bond donors (Lipinski definition) is 0. The highest BCUT2D eigenvalue weighted by atomic mass is 35.5. The van der Waals surface area contributed by atoms with Gasteiger partial charge in [0, 0.05) is 31.7 Å². The van der Waals surface area contributed by atoms with Gasteiger partial charge in [0.25, 0.3) is 5.91 Å². The van der Waals surface area contributed by atoms with Gasteiger partial charge in [-0.15, -0.1) is 10.2 Å². The summed E-state index contributed by atoms with van der Waals surface area (Å²) in [6, 6.07) is 0. The van der Waals surface area contributed by atoms with Gasteiger partial charge in [-0.2, -0.15) is 5.10 Å². The Morgan fingerprint density at radius 1 is 1.36 bits per heavy atom. The third kappa shape index (κ3) is 2.49. The minimum Gasteiger partial charge on any atom is -0.328 e. The molecule has 0 fully saturated rings. The molecule has 0 unspecified atom stereocenters. The summed E-state index contributed by atoms with van der Waals surface area (Å²) in [5.41, 5.74) is 0.306. The van der Waals surface area contributed by atoms with Crippen molar-refractivity contribution in [2.24, 2.45) is 0 Å². The molecule has 0 saturated heterocycles. The van der Waals surface area contributed by atoms with Crippen molar-refractivity contribution in [3.63, 3.8) is 0 Å². The van der Waals surface area contributed by atoms with Crippen LogP contribution in [0.3, 0.4) is 0 Å². The number of nitrogens with zero attached hydrogens (tertiary/aromatic N) is 6. The molecule has 0 aromatic carbocycles. The zero-order chi connectivity index (χ0) is 15.9. The summed E-state index contributed by atoms with van der Waals surface area (Å²) >= 11 is 6.12. The van der Waals surface area contributed by atoms with Gasteiger partial charge in [0.2, 0.25) is 0 Å². The molecule has 22 heavy (non-hydrogen) atoms. The molecule has 118 valence electrons. The van der Waals surface area contributed by atoms with E-state index in [1.54, 1.807) is 15.8 Å². The molecule has 2 aromatic rings. The maximum Gasteiger partial charge on any atom is 0.276 e. The van der Waals surface area contributed by atoms with Crippen molar-refractivity contribution in [3.05, 3.63) is 28.6 Å². The molecule has 3 heterocycles. The number of fused-ring (bicyclic) bond motifs is 1. The van der Waals surface area contributed by atoms with Crippen molar-refractivity contribution in [2.45, 2.75) is 46.3 Å². The maximum atomic E-state index is 12.6. The second kappa shape index (κ2) is 5.72. The van der Waals surface area contributed by atoms with Crippen molar-refractivity contribution in [1.82, 2.24) is 29.4 Å². The molecule has 1 amide bonds. The Balaban J connectivity index is 1.82. The molecule has 7 nitrogen and oxygen atoms in total. The molecule has 0 atom stereocenters. The number of carbonyl (C=O) groups excluding carboxylic acids is 1. The van der Waals surface area contributed by atoms with E-state index in [0.717, 1.165) is 11.6 Å². The third-order valence-electron chi connectivity index (χ3n) is 3.83. The summed E-state index contributed by atoms with van der Waals surface area (Å²) in [7, 11) is 0. The van der Waals surface area contributed by atoms with E-state index in [0.29, 0.717) is 42.8 Å². The minimum atomic E-state index is -0.155. The summed E-state index contributed by atoms with van der Waals surface area (Å²) in [6.07, 6.45) is 1.68. The van der Waals surface area contributed by atoms with E-state index in [1.807, 2.05) is 6.92 Å². The Morgan fingerprint density at radius 2 is 2.14 bits per heavy atom. The molecule has 1 aliphatic heterocycles. The summed E-state index contributed by atoms with van der Waals surface area (Å²) in [5, 5.41) is 13.1. The highest BCUT2D eigenvalue weighted by molar-refractivity contribution is 6.33. The van der Waals surface area contributed by atoms with E-state index in [2.05, 4.69) is 33.7 Å². The Bertz CT molecular complexity index is 704. The first-order chi connectivity index (χ1) is 10.5. The fourth-order valence-corrected chi connectivity index (χ4v) is 2.87. The average Bonchev–Trinajstić information content (AvgIpc) is 3.09. The second-order valence-electron chi connectivity index (χ2n) is 5.69. The van der Waals surface area contributed by atoms with Gasteiger partial charge in [-0.05, 0) is 6.92 Å². The van der Waals surface area contributed by atoms with Gasteiger partial charge >= 0.3 is 0 Å². The normalized spacial score (nSPS) is 14.5. The lowest BCUT2D eigenvalue weighted by molar-refractivity contribution is 0.0699. The van der Waals surface area contributed by atoms with Gasteiger partial charge in [0.05, 0.1) is 11.6 Å². The molecular formula is C14H19ClN6O. The first-order valence-corrected chi connectivity index (χ1v) is 7.83. The maximum absolute atomic E-state index is 12.6. The lowest BCUT2D eigenvalue weighted by Gasteiger charge is -2.27. The minimum absolute atomic E-state index is 0.155. The van der Waals surface area contributed by atoms with Crippen LogP contribution in [0.1, 0.15) is 48.8 Å². The predicted octanol–water partition coefficient (Wildman–Crippen LogP) is 1.93. The third-order valence-corrected chi connectivity index (χ3v) is 4.11. The predicted molar refractivity (Wildman–Crippen MR) is 81.8 cm³/mol. The molecule has 0 radical (unpaired) electrons. The molecule has 0 saturated carbocycles. The molecule has 0 spiro atoms. The molecule has 0 bridgehead atoms. The van der Waals surface area contributed by atoms with Crippen molar-refractivity contribution in [3.8, 4) is 0 Å². The van der Waals surface area contributed by atoms with Crippen molar-refractivity contribution in [2.75, 3.05) is 6.54 Å². The highest BCUT2D eigenvalue weighted by Crippen LogP contribution is 2.21. The van der Waals surface area contributed by atoms with Crippen LogP contribution in [-0.2, 0) is 19.6 Å². The van der Waals surface area contributed by atoms with E-state index in [-0.39, 0.29) is 5.91 Å². The highest BCUT2D eigenvalue weighted by Gasteiger charge is 2.28. The van der Waals surface area contributed by atoms with E-state index in [9.17, 15) is 4.79 Å². The van der Waals surface area contributed by atoms with Crippen LogP contribution in [0.2, 0.25) is 5.02 Å². The number of halogens is 1. The van der Waals surface area contributed by atoms with Gasteiger partial charge in [-0.3, -0.25) is 9.48 Å². The standard InChI is InChI=1S/C14H19ClN6O/c1-4-20-7-10(15)12(18-20)14(22)19-5-6-21-11(8-19)16-17-13(21)9(2)3/h7,9H,4-6,8H2,1-3H3. The zero-order valence-corrected chi connectivity index (χ0v) is 13.7. The first-order valence-electron chi connectivity index (χ1n) is 7.45. The Kier molecular flexibility index (Phi) is 3.90. The molecule has 2 aromatic heterocycles.